The maximum atomic E-state index is 12.5. The molecule has 0 fully saturated rings. The van der Waals surface area contributed by atoms with Crippen molar-refractivity contribution >= 4 is 11.8 Å². The number of hydrogen-bond acceptors (Lipinski definition) is 4. The van der Waals surface area contributed by atoms with Crippen molar-refractivity contribution < 1.29 is 19.8 Å². The van der Waals surface area contributed by atoms with Gasteiger partial charge in [-0.15, -0.1) is 0 Å². The molecule has 4 N–H and O–H groups in total. The van der Waals surface area contributed by atoms with Gasteiger partial charge in [0.1, 0.15) is 5.75 Å². The van der Waals surface area contributed by atoms with Crippen LogP contribution in [0, 0.1) is 5.92 Å². The Morgan fingerprint density at radius 3 is 2.08 bits per heavy atom. The maximum Gasteiger partial charge on any atom is 0.336 e. The third-order valence-electron chi connectivity index (χ3n) is 3.35. The molecule has 0 amide bonds. The molecule has 0 aliphatic carbocycles. The van der Waals surface area contributed by atoms with Crippen LogP contribution in [0.3, 0.4) is 0 Å². The van der Waals surface area contributed by atoms with Crippen LogP contribution in [-0.2, 0) is 6.42 Å². The molecule has 5 nitrogen and oxygen atoms in total. The van der Waals surface area contributed by atoms with Gasteiger partial charge in [-0.25, -0.2) is 4.79 Å². The molecule has 0 unspecified atom stereocenters. The van der Waals surface area contributed by atoms with Crippen molar-refractivity contribution in [3.05, 3.63) is 64.7 Å². The second-order valence-corrected chi connectivity index (χ2v) is 6.04. The quantitative estimate of drug-likeness (QED) is 0.722. The van der Waals surface area contributed by atoms with E-state index in [1.54, 1.807) is 30.3 Å². The highest BCUT2D eigenvalue weighted by molar-refractivity contribution is 6.15. The molecular weight excluding hydrogens is 318 g/mol. The van der Waals surface area contributed by atoms with E-state index >= 15 is 0 Å². The third kappa shape index (κ3) is 5.72. The highest BCUT2D eigenvalue weighted by Gasteiger charge is 2.20. The first-order valence-electron chi connectivity index (χ1n) is 8.20. The number of rotatable bonds is 5. The Balaban J connectivity index is 0.000000970. The number of carboxylic acid groups (broad SMARTS) is 1. The molecule has 0 aromatic heterocycles. The summed E-state index contributed by atoms with van der Waals surface area (Å²) in [4.78, 5) is 23.7. The summed E-state index contributed by atoms with van der Waals surface area (Å²) in [7, 11) is 0. The zero-order valence-electron chi connectivity index (χ0n) is 14.8. The van der Waals surface area contributed by atoms with E-state index in [4.69, 9.17) is 10.8 Å². The zero-order chi connectivity index (χ0) is 19.0. The molecule has 0 radical (unpaired) electrons. The van der Waals surface area contributed by atoms with Crippen LogP contribution in [0.1, 0.15) is 52.6 Å². The zero-order valence-corrected chi connectivity index (χ0v) is 14.8. The van der Waals surface area contributed by atoms with Crippen LogP contribution in [0.15, 0.2) is 42.5 Å². The molecule has 0 aliphatic rings. The van der Waals surface area contributed by atoms with Crippen molar-refractivity contribution in [1.82, 2.24) is 0 Å². The first kappa shape index (κ1) is 20.4. The Morgan fingerprint density at radius 1 is 1.04 bits per heavy atom. The van der Waals surface area contributed by atoms with Gasteiger partial charge in [-0.1, -0.05) is 45.0 Å². The average Bonchev–Trinajstić information content (AvgIpc) is 2.54. The van der Waals surface area contributed by atoms with Crippen molar-refractivity contribution in [1.29, 1.82) is 0 Å². The van der Waals surface area contributed by atoms with Crippen molar-refractivity contribution in [3.8, 4) is 5.75 Å². The van der Waals surface area contributed by atoms with Gasteiger partial charge in [0, 0.05) is 5.56 Å². The van der Waals surface area contributed by atoms with Crippen LogP contribution in [-0.4, -0.2) is 28.5 Å². The molecule has 0 bridgehead atoms. The van der Waals surface area contributed by atoms with Crippen LogP contribution in [0.25, 0.3) is 0 Å². The fraction of sp³-hybridized carbons (Fsp3) is 0.300. The van der Waals surface area contributed by atoms with Gasteiger partial charge in [-0.3, -0.25) is 4.79 Å². The predicted molar refractivity (Wildman–Crippen MR) is 98.2 cm³/mol. The number of carbonyl (C=O) groups is 2. The normalized spacial score (nSPS) is 10.1. The van der Waals surface area contributed by atoms with E-state index in [9.17, 15) is 14.7 Å². The molecule has 2 aromatic carbocycles. The minimum absolute atomic E-state index is 0.0712. The van der Waals surface area contributed by atoms with E-state index < -0.39 is 11.8 Å². The van der Waals surface area contributed by atoms with Gasteiger partial charge in [0.15, 0.2) is 5.78 Å². The monoisotopic (exact) mass is 343 g/mol. The molecule has 25 heavy (non-hydrogen) atoms. The first-order valence-corrected chi connectivity index (χ1v) is 8.20. The Bertz CT molecular complexity index is 738. The summed E-state index contributed by atoms with van der Waals surface area (Å²) < 4.78 is 0. The number of hydrogen-bond donors (Lipinski definition) is 3. The predicted octanol–water partition coefficient (Wildman–Crippen LogP) is 3.48. The van der Waals surface area contributed by atoms with Crippen molar-refractivity contribution in [2.45, 2.75) is 27.2 Å². The minimum Gasteiger partial charge on any atom is -0.507 e. The fourth-order valence-electron chi connectivity index (χ4n) is 2.38. The second kappa shape index (κ2) is 9.59. The van der Waals surface area contributed by atoms with Gasteiger partial charge in [-0.05, 0) is 42.6 Å². The standard InChI is InChI=1S/C18H18O4.C2H7N/c1-11(2)9-12-7-8-15(16(19)10-12)17(20)13-5-3-4-6-14(13)18(21)22;1-2-3/h3-8,10-11,19H,9H2,1-2H3,(H,21,22);2-3H2,1H3. The second-order valence-electron chi connectivity index (χ2n) is 6.04. The van der Waals surface area contributed by atoms with Crippen LogP contribution in [0.4, 0.5) is 0 Å². The van der Waals surface area contributed by atoms with E-state index in [0.29, 0.717) is 5.92 Å². The van der Waals surface area contributed by atoms with Gasteiger partial charge < -0.3 is 15.9 Å². The Morgan fingerprint density at radius 2 is 1.60 bits per heavy atom. The molecule has 5 heteroatoms. The summed E-state index contributed by atoms with van der Waals surface area (Å²) >= 11 is 0. The van der Waals surface area contributed by atoms with Crippen molar-refractivity contribution in [2.24, 2.45) is 11.7 Å². The number of aromatic hydroxyl groups is 1. The van der Waals surface area contributed by atoms with E-state index in [0.717, 1.165) is 18.5 Å². The third-order valence-corrected chi connectivity index (χ3v) is 3.35. The summed E-state index contributed by atoms with van der Waals surface area (Å²) in [5.74, 6) is -1.34. The largest absolute Gasteiger partial charge is 0.507 e. The van der Waals surface area contributed by atoms with Crippen LogP contribution in [0.5, 0.6) is 5.75 Å². The van der Waals surface area contributed by atoms with Crippen molar-refractivity contribution in [2.75, 3.05) is 6.54 Å². The molecule has 134 valence electrons. The first-order chi connectivity index (χ1) is 11.8. The number of phenolic OH excluding ortho intramolecular Hbond substituents is 1. The molecule has 0 atom stereocenters. The van der Waals surface area contributed by atoms with Gasteiger partial charge in [-0.2, -0.15) is 0 Å². The highest BCUT2D eigenvalue weighted by atomic mass is 16.4. The van der Waals surface area contributed by atoms with E-state index in [1.165, 1.54) is 12.1 Å². The molecule has 0 saturated carbocycles. The number of nitrogens with two attached hydrogens (primary N) is 1. The number of carboxylic acids is 1. The van der Waals surface area contributed by atoms with Crippen LogP contribution in [0.2, 0.25) is 0 Å². The van der Waals surface area contributed by atoms with Crippen LogP contribution < -0.4 is 5.73 Å². The number of ketones is 1. The molecule has 0 spiro atoms. The summed E-state index contributed by atoms with van der Waals surface area (Å²) in [6, 6.07) is 10.9. The van der Waals surface area contributed by atoms with Gasteiger partial charge >= 0.3 is 5.97 Å². The number of benzene rings is 2. The lowest BCUT2D eigenvalue weighted by atomic mass is 9.95. The summed E-state index contributed by atoms with van der Waals surface area (Å²) in [5, 5.41) is 19.3. The smallest absolute Gasteiger partial charge is 0.336 e. The molecule has 0 aliphatic heterocycles. The number of carbonyl (C=O) groups excluding carboxylic acids is 1. The molecule has 0 saturated heterocycles. The average molecular weight is 343 g/mol. The summed E-state index contributed by atoms with van der Waals surface area (Å²) in [6.07, 6.45) is 0.799. The molecule has 0 heterocycles. The number of phenols is 1. The fourth-order valence-corrected chi connectivity index (χ4v) is 2.38. The van der Waals surface area contributed by atoms with Gasteiger partial charge in [0.2, 0.25) is 0 Å². The Kier molecular flexibility index (Phi) is 7.82. The van der Waals surface area contributed by atoms with E-state index in [2.05, 4.69) is 13.8 Å². The SMILES string of the molecule is CC(C)Cc1ccc(C(=O)c2ccccc2C(=O)O)c(O)c1.CCN. The lowest BCUT2D eigenvalue weighted by Crippen LogP contribution is -2.10. The van der Waals surface area contributed by atoms with E-state index in [1.807, 2.05) is 6.92 Å². The Labute approximate surface area is 148 Å². The highest BCUT2D eigenvalue weighted by Crippen LogP contribution is 2.24. The maximum absolute atomic E-state index is 12.5. The van der Waals surface area contributed by atoms with Gasteiger partial charge in [0.05, 0.1) is 11.1 Å². The number of aromatic carboxylic acids is 1. The summed E-state index contributed by atoms with van der Waals surface area (Å²) in [6.45, 7) is 6.79. The lowest BCUT2D eigenvalue weighted by molar-refractivity contribution is 0.0692. The lowest BCUT2D eigenvalue weighted by Gasteiger charge is -2.10. The van der Waals surface area contributed by atoms with Crippen molar-refractivity contribution in [3.63, 3.8) is 0 Å². The van der Waals surface area contributed by atoms with Crippen LogP contribution >= 0.6 is 0 Å². The molecule has 2 aromatic rings. The summed E-state index contributed by atoms with van der Waals surface area (Å²) in [5.41, 5.74) is 5.90. The topological polar surface area (TPSA) is 101 Å². The molecule has 2 rings (SSSR count). The van der Waals surface area contributed by atoms with E-state index in [-0.39, 0.29) is 22.4 Å². The van der Waals surface area contributed by atoms with Gasteiger partial charge in [0.25, 0.3) is 0 Å². The molecular formula is C20H25NO4. The Hall–Kier alpha value is -2.66. The minimum atomic E-state index is -1.17.